The largest absolute Gasteiger partial charge is 0.462 e. The molecule has 0 heterocycles. The van der Waals surface area contributed by atoms with Gasteiger partial charge in [0.15, 0.2) is 6.10 Å². The second-order valence-electron chi connectivity index (χ2n) is 17.0. The van der Waals surface area contributed by atoms with Gasteiger partial charge in [0, 0.05) is 19.4 Å². The van der Waals surface area contributed by atoms with E-state index in [9.17, 15) is 9.59 Å². The molecule has 1 atom stereocenters. The number of esters is 2. The SMILES string of the molecule is CC/C=C\C/C=C\C/C=C\C/C=C\CCCCC(=O)OC(COCCCCCCCCCCCCCC)COC(=O)CCCCCCCC/C=C\C/C=C\C/C=C\CCCCC. The van der Waals surface area contributed by atoms with Gasteiger partial charge in [-0.3, -0.25) is 9.59 Å². The van der Waals surface area contributed by atoms with E-state index in [1.165, 1.54) is 109 Å². The zero-order valence-corrected chi connectivity index (χ0v) is 40.9. The molecule has 0 N–H and O–H groups in total. The molecule has 5 heteroatoms. The van der Waals surface area contributed by atoms with Crippen LogP contribution in [0.25, 0.3) is 0 Å². The van der Waals surface area contributed by atoms with Gasteiger partial charge in [-0.2, -0.15) is 0 Å². The standard InChI is InChI=1S/C57H98O5/c1-4-7-10-13-16-19-22-25-27-28-29-30-32-33-35-38-41-44-47-50-56(58)61-54-55(53-60-52-49-46-43-40-37-24-21-18-15-12-9-6-3)62-57(59)51-48-45-42-39-36-34-31-26-23-20-17-14-11-8-5-2/h8,11,16-17,19-20,25-27,29-31,36,39,55H,4-7,9-10,12-15,18,21-24,28,32-35,37-38,40-54H2,1-3H3/b11-8-,19-16-,20-17-,27-25-,30-29-,31-26-,39-36-. The van der Waals surface area contributed by atoms with Crippen LogP contribution in [0.2, 0.25) is 0 Å². The summed E-state index contributed by atoms with van der Waals surface area (Å²) < 4.78 is 17.4. The number of carbonyl (C=O) groups is 2. The Hall–Kier alpha value is -2.92. The van der Waals surface area contributed by atoms with Crippen molar-refractivity contribution in [2.24, 2.45) is 0 Å². The Morgan fingerprint density at radius 2 is 0.726 bits per heavy atom. The predicted octanol–water partition coefficient (Wildman–Crippen LogP) is 17.7. The molecule has 0 radical (unpaired) electrons. The average Bonchev–Trinajstić information content (AvgIpc) is 3.27. The first-order valence-electron chi connectivity index (χ1n) is 26.1. The van der Waals surface area contributed by atoms with E-state index in [1.54, 1.807) is 0 Å². The molecule has 0 saturated carbocycles. The van der Waals surface area contributed by atoms with Crippen molar-refractivity contribution in [1.82, 2.24) is 0 Å². The summed E-state index contributed by atoms with van der Waals surface area (Å²) in [4.78, 5) is 25.4. The molecule has 0 amide bonds. The van der Waals surface area contributed by atoms with Crippen LogP contribution >= 0.6 is 0 Å². The summed E-state index contributed by atoms with van der Waals surface area (Å²) in [6.07, 6.45) is 68.7. The van der Waals surface area contributed by atoms with Crippen molar-refractivity contribution in [3.05, 3.63) is 85.1 Å². The van der Waals surface area contributed by atoms with Crippen LogP contribution in [-0.4, -0.2) is 37.9 Å². The van der Waals surface area contributed by atoms with E-state index < -0.39 is 6.10 Å². The van der Waals surface area contributed by atoms with Gasteiger partial charge >= 0.3 is 11.9 Å². The first-order valence-corrected chi connectivity index (χ1v) is 26.1. The van der Waals surface area contributed by atoms with Gasteiger partial charge in [0.1, 0.15) is 6.61 Å². The average molecular weight is 863 g/mol. The molecule has 0 fully saturated rings. The summed E-state index contributed by atoms with van der Waals surface area (Å²) in [5, 5.41) is 0. The fourth-order valence-electron chi connectivity index (χ4n) is 7.04. The molecule has 62 heavy (non-hydrogen) atoms. The maximum absolute atomic E-state index is 12.8. The maximum atomic E-state index is 12.8. The van der Waals surface area contributed by atoms with Crippen LogP contribution in [0.4, 0.5) is 0 Å². The van der Waals surface area contributed by atoms with Gasteiger partial charge in [-0.1, -0.05) is 215 Å². The van der Waals surface area contributed by atoms with E-state index in [0.717, 1.165) is 96.3 Å². The fraction of sp³-hybridized carbons (Fsp3) is 0.719. The normalized spacial score (nSPS) is 12.9. The molecular weight excluding hydrogens is 765 g/mol. The number of hydrogen-bond acceptors (Lipinski definition) is 5. The van der Waals surface area contributed by atoms with Crippen LogP contribution in [-0.2, 0) is 23.8 Å². The Morgan fingerprint density at radius 1 is 0.371 bits per heavy atom. The third-order valence-corrected chi connectivity index (χ3v) is 10.9. The van der Waals surface area contributed by atoms with Crippen molar-refractivity contribution < 1.29 is 23.8 Å². The van der Waals surface area contributed by atoms with E-state index in [0.29, 0.717) is 19.4 Å². The molecule has 0 saturated heterocycles. The van der Waals surface area contributed by atoms with Crippen LogP contribution < -0.4 is 0 Å². The van der Waals surface area contributed by atoms with Gasteiger partial charge in [-0.25, -0.2) is 0 Å². The summed E-state index contributed by atoms with van der Waals surface area (Å²) >= 11 is 0. The number of rotatable bonds is 47. The van der Waals surface area contributed by atoms with Crippen molar-refractivity contribution >= 4 is 11.9 Å². The second kappa shape index (κ2) is 52.4. The number of unbranched alkanes of at least 4 members (excludes halogenated alkanes) is 22. The molecule has 1 unspecified atom stereocenters. The maximum Gasteiger partial charge on any atom is 0.306 e. The number of allylic oxidation sites excluding steroid dienone is 14. The molecule has 0 spiro atoms. The molecule has 356 valence electrons. The minimum Gasteiger partial charge on any atom is -0.462 e. The van der Waals surface area contributed by atoms with E-state index in [-0.39, 0.29) is 25.2 Å². The lowest BCUT2D eigenvalue weighted by Crippen LogP contribution is -2.30. The lowest BCUT2D eigenvalue weighted by atomic mass is 10.1. The van der Waals surface area contributed by atoms with Crippen molar-refractivity contribution in [3.63, 3.8) is 0 Å². The van der Waals surface area contributed by atoms with Crippen molar-refractivity contribution in [3.8, 4) is 0 Å². The van der Waals surface area contributed by atoms with E-state index in [2.05, 4.69) is 106 Å². The smallest absolute Gasteiger partial charge is 0.306 e. The molecule has 0 aromatic carbocycles. The van der Waals surface area contributed by atoms with Gasteiger partial charge in [-0.05, 0) is 96.3 Å². The third kappa shape index (κ3) is 49.7. The van der Waals surface area contributed by atoms with Crippen LogP contribution in [0.1, 0.15) is 239 Å². The lowest BCUT2D eigenvalue weighted by molar-refractivity contribution is -0.163. The highest BCUT2D eigenvalue weighted by Gasteiger charge is 2.17. The van der Waals surface area contributed by atoms with Crippen molar-refractivity contribution in [2.45, 2.75) is 245 Å². The second-order valence-corrected chi connectivity index (χ2v) is 17.0. The Morgan fingerprint density at radius 3 is 1.23 bits per heavy atom. The molecular formula is C57H98O5. The number of hydrogen-bond donors (Lipinski definition) is 0. The Balaban J connectivity index is 4.33. The minimum atomic E-state index is -0.564. The predicted molar refractivity (Wildman–Crippen MR) is 270 cm³/mol. The third-order valence-electron chi connectivity index (χ3n) is 10.9. The number of carbonyl (C=O) groups excluding carboxylic acids is 2. The quantitative estimate of drug-likeness (QED) is 0.0346. The minimum absolute atomic E-state index is 0.0600. The molecule has 5 nitrogen and oxygen atoms in total. The first kappa shape index (κ1) is 59.1. The van der Waals surface area contributed by atoms with Crippen molar-refractivity contribution in [2.75, 3.05) is 19.8 Å². The summed E-state index contributed by atoms with van der Waals surface area (Å²) in [6.45, 7) is 7.64. The van der Waals surface area contributed by atoms with Gasteiger partial charge in [0.2, 0.25) is 0 Å². The Bertz CT molecular complexity index is 1160. The van der Waals surface area contributed by atoms with Gasteiger partial charge in [-0.15, -0.1) is 0 Å². The van der Waals surface area contributed by atoms with E-state index >= 15 is 0 Å². The van der Waals surface area contributed by atoms with Crippen LogP contribution in [0.3, 0.4) is 0 Å². The van der Waals surface area contributed by atoms with Crippen molar-refractivity contribution in [1.29, 1.82) is 0 Å². The van der Waals surface area contributed by atoms with Gasteiger partial charge in [0.25, 0.3) is 0 Å². The molecule has 0 aliphatic heterocycles. The Labute approximate surface area is 384 Å². The summed E-state index contributed by atoms with van der Waals surface area (Å²) in [5.74, 6) is -0.457. The molecule has 0 aliphatic rings. The molecule has 0 rings (SSSR count). The zero-order valence-electron chi connectivity index (χ0n) is 40.9. The molecule has 0 bridgehead atoms. The summed E-state index contributed by atoms with van der Waals surface area (Å²) in [6, 6.07) is 0. The highest BCUT2D eigenvalue weighted by atomic mass is 16.6. The monoisotopic (exact) mass is 863 g/mol. The Kier molecular flexibility index (Phi) is 50.0. The number of ether oxygens (including phenoxy) is 3. The van der Waals surface area contributed by atoms with Crippen LogP contribution in [0.15, 0.2) is 85.1 Å². The topological polar surface area (TPSA) is 61.8 Å². The molecule has 0 aromatic heterocycles. The highest BCUT2D eigenvalue weighted by Crippen LogP contribution is 2.14. The van der Waals surface area contributed by atoms with Crippen LogP contribution in [0, 0.1) is 0 Å². The summed E-state index contributed by atoms with van der Waals surface area (Å²) in [7, 11) is 0. The zero-order chi connectivity index (χ0) is 44.9. The fourth-order valence-corrected chi connectivity index (χ4v) is 7.04. The lowest BCUT2D eigenvalue weighted by Gasteiger charge is -2.18. The van der Waals surface area contributed by atoms with E-state index in [4.69, 9.17) is 14.2 Å². The van der Waals surface area contributed by atoms with Gasteiger partial charge in [0.05, 0.1) is 6.61 Å². The van der Waals surface area contributed by atoms with E-state index in [1.807, 2.05) is 0 Å². The summed E-state index contributed by atoms with van der Waals surface area (Å²) in [5.41, 5.74) is 0. The first-order chi connectivity index (χ1) is 30.6. The highest BCUT2D eigenvalue weighted by molar-refractivity contribution is 5.70. The van der Waals surface area contributed by atoms with Gasteiger partial charge < -0.3 is 14.2 Å². The molecule has 0 aromatic rings. The van der Waals surface area contributed by atoms with Crippen LogP contribution in [0.5, 0.6) is 0 Å². The molecule has 0 aliphatic carbocycles.